The van der Waals surface area contributed by atoms with Crippen LogP contribution in [0.2, 0.25) is 0 Å². The zero-order chi connectivity index (χ0) is 28.9. The molecule has 1 N–H and O–H groups in total. The maximum absolute atomic E-state index is 13.9. The first kappa shape index (κ1) is 27.9. The van der Waals surface area contributed by atoms with Crippen molar-refractivity contribution in [2.45, 2.75) is 38.0 Å². The molecule has 4 aromatic rings. The number of anilines is 1. The summed E-state index contributed by atoms with van der Waals surface area (Å²) in [6.45, 7) is 1.95. The minimum absolute atomic E-state index is 0.148. The summed E-state index contributed by atoms with van der Waals surface area (Å²) in [4.78, 5) is 34.1. The number of carbonyl (C=O) groups is 2. The number of ether oxygens (including phenoxy) is 3. The molecule has 2 unspecified atom stereocenters. The van der Waals surface area contributed by atoms with Crippen LogP contribution in [-0.4, -0.2) is 59.7 Å². The van der Waals surface area contributed by atoms with Gasteiger partial charge in [-0.3, -0.25) is 19.5 Å². The van der Waals surface area contributed by atoms with E-state index < -0.39 is 12.1 Å². The van der Waals surface area contributed by atoms with Crippen molar-refractivity contribution in [1.82, 2.24) is 14.5 Å². The standard InChI is InChI=1S/C32H34N4O5/c1-21-15-17-26(36(21)31(38)29(41-4)23-16-18-27(39-2)28(19-23)40-3)30(37)34-32-33-25(22-11-7-5-8-12-22)20-35(32)24-13-9-6-10-14-24/h5-14,16,18-21,26,29H,15,17H2,1-4H3,(H,33,34,37)/t21?,26?,29-/m0/s1. The zero-order valence-electron chi connectivity index (χ0n) is 23.6. The van der Waals surface area contributed by atoms with Crippen molar-refractivity contribution in [2.75, 3.05) is 26.6 Å². The topological polar surface area (TPSA) is 94.9 Å². The van der Waals surface area contributed by atoms with Gasteiger partial charge in [0, 0.05) is 30.6 Å². The Morgan fingerprint density at radius 3 is 2.24 bits per heavy atom. The van der Waals surface area contributed by atoms with Crippen LogP contribution in [-0.2, 0) is 14.3 Å². The molecule has 1 fully saturated rings. The van der Waals surface area contributed by atoms with Gasteiger partial charge in [0.2, 0.25) is 11.9 Å². The lowest BCUT2D eigenvalue weighted by Gasteiger charge is -2.31. The third-order valence-electron chi connectivity index (χ3n) is 7.44. The predicted molar refractivity (Wildman–Crippen MR) is 156 cm³/mol. The molecule has 0 aliphatic carbocycles. The van der Waals surface area contributed by atoms with Crippen molar-refractivity contribution < 1.29 is 23.8 Å². The number of likely N-dealkylation sites (tertiary alicyclic amines) is 1. The summed E-state index contributed by atoms with van der Waals surface area (Å²) in [5, 5.41) is 3.02. The molecule has 0 bridgehead atoms. The fraction of sp³-hybridized carbons (Fsp3) is 0.281. The first-order chi connectivity index (χ1) is 19.9. The van der Waals surface area contributed by atoms with Crippen LogP contribution >= 0.6 is 0 Å². The van der Waals surface area contributed by atoms with E-state index in [-0.39, 0.29) is 17.9 Å². The first-order valence-corrected chi connectivity index (χ1v) is 13.5. The Morgan fingerprint density at radius 1 is 0.902 bits per heavy atom. The molecule has 0 saturated carbocycles. The average Bonchev–Trinajstić information content (AvgIpc) is 3.61. The van der Waals surface area contributed by atoms with Crippen molar-refractivity contribution in [1.29, 1.82) is 0 Å². The Bertz CT molecular complexity index is 1510. The van der Waals surface area contributed by atoms with E-state index in [0.29, 0.717) is 35.9 Å². The summed E-state index contributed by atoms with van der Waals surface area (Å²) in [5.41, 5.74) is 3.13. The van der Waals surface area contributed by atoms with Gasteiger partial charge in [-0.25, -0.2) is 4.98 Å². The number of aromatic nitrogens is 2. The van der Waals surface area contributed by atoms with Gasteiger partial charge in [-0.05, 0) is 49.6 Å². The van der Waals surface area contributed by atoms with Crippen LogP contribution in [0.4, 0.5) is 5.95 Å². The minimum Gasteiger partial charge on any atom is -0.493 e. The molecule has 3 aromatic carbocycles. The van der Waals surface area contributed by atoms with E-state index in [4.69, 9.17) is 19.2 Å². The number of benzene rings is 3. The lowest BCUT2D eigenvalue weighted by atomic mass is 10.1. The monoisotopic (exact) mass is 554 g/mol. The van der Waals surface area contributed by atoms with Gasteiger partial charge in [-0.15, -0.1) is 0 Å². The summed E-state index contributed by atoms with van der Waals surface area (Å²) in [6, 6.07) is 23.9. The largest absolute Gasteiger partial charge is 0.493 e. The van der Waals surface area contributed by atoms with E-state index in [2.05, 4.69) is 5.32 Å². The number of nitrogens with one attached hydrogen (secondary N) is 1. The number of methoxy groups -OCH3 is 3. The first-order valence-electron chi connectivity index (χ1n) is 13.5. The van der Waals surface area contributed by atoms with Gasteiger partial charge in [-0.2, -0.15) is 0 Å². The average molecular weight is 555 g/mol. The highest BCUT2D eigenvalue weighted by Crippen LogP contribution is 2.35. The summed E-state index contributed by atoms with van der Waals surface area (Å²) in [5.74, 6) is 0.836. The second kappa shape index (κ2) is 12.3. The predicted octanol–water partition coefficient (Wildman–Crippen LogP) is 5.26. The summed E-state index contributed by atoms with van der Waals surface area (Å²) >= 11 is 0. The molecule has 5 rings (SSSR count). The number of rotatable bonds is 9. The fourth-order valence-electron chi connectivity index (χ4n) is 5.34. The normalized spacial score (nSPS) is 17.2. The van der Waals surface area contributed by atoms with Crippen LogP contribution < -0.4 is 14.8 Å². The van der Waals surface area contributed by atoms with E-state index >= 15 is 0 Å². The van der Waals surface area contributed by atoms with Gasteiger partial charge in [-0.1, -0.05) is 54.6 Å². The highest BCUT2D eigenvalue weighted by atomic mass is 16.5. The second-order valence-electron chi connectivity index (χ2n) is 9.93. The number of hydrogen-bond donors (Lipinski definition) is 1. The molecule has 9 nitrogen and oxygen atoms in total. The van der Waals surface area contributed by atoms with Crippen molar-refractivity contribution in [2.24, 2.45) is 0 Å². The molecule has 3 atom stereocenters. The third-order valence-corrected chi connectivity index (χ3v) is 7.44. The summed E-state index contributed by atoms with van der Waals surface area (Å²) in [6.07, 6.45) is 2.20. The zero-order valence-corrected chi connectivity index (χ0v) is 23.6. The molecule has 9 heteroatoms. The summed E-state index contributed by atoms with van der Waals surface area (Å²) in [7, 11) is 4.57. The maximum Gasteiger partial charge on any atom is 0.257 e. The van der Waals surface area contributed by atoms with Crippen LogP contribution in [0.25, 0.3) is 16.9 Å². The molecule has 41 heavy (non-hydrogen) atoms. The van der Waals surface area contributed by atoms with E-state index in [1.165, 1.54) is 14.2 Å². The number of nitrogens with zero attached hydrogens (tertiary/aromatic N) is 3. The molecule has 1 aromatic heterocycles. The SMILES string of the molecule is COc1ccc([C@H](OC)C(=O)N2C(C)CCC2C(=O)Nc2nc(-c3ccccc3)cn2-c2ccccc2)cc1OC. The lowest BCUT2D eigenvalue weighted by Crippen LogP contribution is -2.48. The highest BCUT2D eigenvalue weighted by Gasteiger charge is 2.42. The molecular formula is C32H34N4O5. The molecule has 0 radical (unpaired) electrons. The van der Waals surface area contributed by atoms with Gasteiger partial charge >= 0.3 is 0 Å². The van der Waals surface area contributed by atoms with Crippen molar-refractivity contribution in [3.8, 4) is 28.4 Å². The Hall–Kier alpha value is -4.63. The molecule has 0 spiro atoms. The minimum atomic E-state index is -0.915. The van der Waals surface area contributed by atoms with Crippen LogP contribution in [0.5, 0.6) is 11.5 Å². The van der Waals surface area contributed by atoms with Gasteiger partial charge in [0.15, 0.2) is 17.6 Å². The summed E-state index contributed by atoms with van der Waals surface area (Å²) < 4.78 is 18.3. The van der Waals surface area contributed by atoms with E-state index in [1.54, 1.807) is 30.2 Å². The van der Waals surface area contributed by atoms with E-state index in [9.17, 15) is 9.59 Å². The van der Waals surface area contributed by atoms with Gasteiger partial charge in [0.25, 0.3) is 5.91 Å². The van der Waals surface area contributed by atoms with Crippen LogP contribution in [0.3, 0.4) is 0 Å². The molecule has 2 amide bonds. The van der Waals surface area contributed by atoms with Gasteiger partial charge in [0.1, 0.15) is 6.04 Å². The van der Waals surface area contributed by atoms with E-state index in [1.807, 2.05) is 78.4 Å². The quantitative estimate of drug-likeness (QED) is 0.303. The number of imidazole rings is 1. The fourth-order valence-corrected chi connectivity index (χ4v) is 5.34. The maximum atomic E-state index is 13.9. The van der Waals surface area contributed by atoms with E-state index in [0.717, 1.165) is 16.9 Å². The molecule has 1 aliphatic heterocycles. The number of para-hydroxylation sites is 1. The van der Waals surface area contributed by atoms with Crippen molar-refractivity contribution >= 4 is 17.8 Å². The lowest BCUT2D eigenvalue weighted by molar-refractivity contribution is -0.148. The molecule has 2 heterocycles. The van der Waals surface area contributed by atoms with Crippen LogP contribution in [0.1, 0.15) is 31.4 Å². The number of hydrogen-bond acceptors (Lipinski definition) is 6. The smallest absolute Gasteiger partial charge is 0.257 e. The van der Waals surface area contributed by atoms with Crippen LogP contribution in [0, 0.1) is 0 Å². The Kier molecular flexibility index (Phi) is 8.35. The third kappa shape index (κ3) is 5.67. The van der Waals surface area contributed by atoms with Gasteiger partial charge in [0.05, 0.1) is 19.9 Å². The Labute approximate surface area is 239 Å². The highest BCUT2D eigenvalue weighted by molar-refractivity contribution is 5.98. The van der Waals surface area contributed by atoms with Crippen LogP contribution in [0.15, 0.2) is 85.1 Å². The van der Waals surface area contributed by atoms with Crippen molar-refractivity contribution in [3.63, 3.8) is 0 Å². The molecule has 1 saturated heterocycles. The number of amides is 2. The second-order valence-corrected chi connectivity index (χ2v) is 9.93. The molecule has 212 valence electrons. The van der Waals surface area contributed by atoms with Crippen molar-refractivity contribution in [3.05, 3.63) is 90.6 Å². The Balaban J connectivity index is 1.43. The van der Waals surface area contributed by atoms with Gasteiger partial charge < -0.3 is 19.1 Å². The molecular weight excluding hydrogens is 520 g/mol. The Morgan fingerprint density at radius 2 is 1.59 bits per heavy atom. The molecule has 1 aliphatic rings. The number of carbonyl (C=O) groups excluding carboxylic acids is 2.